The number of carbonyl (C=O) groups is 2. The first-order valence-electron chi connectivity index (χ1n) is 8.71. The molecule has 2 N–H and O–H groups in total. The molecule has 0 unspecified atom stereocenters. The summed E-state index contributed by atoms with van der Waals surface area (Å²) in [5, 5.41) is 0.508. The average Bonchev–Trinajstić information content (AvgIpc) is 2.62. The summed E-state index contributed by atoms with van der Waals surface area (Å²) in [5.74, 6) is -1.57. The lowest BCUT2D eigenvalue weighted by Gasteiger charge is -2.39. The van der Waals surface area contributed by atoms with Crippen LogP contribution in [0.4, 0.5) is 5.82 Å². The van der Waals surface area contributed by atoms with E-state index in [2.05, 4.69) is 0 Å². The van der Waals surface area contributed by atoms with Crippen LogP contribution in [-0.4, -0.2) is 27.5 Å². The topological polar surface area (TPSA) is 113 Å². The summed E-state index contributed by atoms with van der Waals surface area (Å²) in [7, 11) is 2.60. The number of halogens is 1. The van der Waals surface area contributed by atoms with Gasteiger partial charge < -0.3 is 10.5 Å². The number of nitrogens with two attached hydrogens (primary N) is 1. The van der Waals surface area contributed by atoms with E-state index in [0.717, 1.165) is 21.1 Å². The van der Waals surface area contributed by atoms with Crippen molar-refractivity contribution in [1.82, 2.24) is 9.13 Å². The third-order valence-corrected chi connectivity index (χ3v) is 5.53. The second-order valence-corrected chi connectivity index (χ2v) is 7.35. The van der Waals surface area contributed by atoms with Crippen LogP contribution in [0.1, 0.15) is 35.2 Å². The normalized spacial score (nSPS) is 15.0. The Labute approximate surface area is 165 Å². The van der Waals surface area contributed by atoms with Crippen molar-refractivity contribution in [3.05, 3.63) is 61.3 Å². The lowest BCUT2D eigenvalue weighted by molar-refractivity contribution is -0.153. The van der Waals surface area contributed by atoms with Gasteiger partial charge in [-0.1, -0.05) is 30.2 Å². The Morgan fingerprint density at radius 3 is 2.46 bits per heavy atom. The molecular weight excluding hydrogens is 386 g/mol. The van der Waals surface area contributed by atoms with Gasteiger partial charge in [-0.3, -0.25) is 23.5 Å². The Hall–Kier alpha value is -2.87. The Balaban J connectivity index is 1.83. The number of benzene rings is 1. The molecule has 0 atom stereocenters. The Bertz CT molecular complexity index is 1080. The molecule has 0 amide bonds. The van der Waals surface area contributed by atoms with Gasteiger partial charge in [0.1, 0.15) is 11.4 Å². The van der Waals surface area contributed by atoms with Crippen LogP contribution in [0.15, 0.2) is 33.9 Å². The zero-order chi connectivity index (χ0) is 20.6. The highest BCUT2D eigenvalue weighted by atomic mass is 35.5. The number of rotatable bonds is 5. The summed E-state index contributed by atoms with van der Waals surface area (Å²) >= 11 is 6.04. The van der Waals surface area contributed by atoms with Crippen molar-refractivity contribution in [2.45, 2.75) is 24.7 Å². The van der Waals surface area contributed by atoms with E-state index >= 15 is 0 Å². The third-order valence-electron chi connectivity index (χ3n) is 5.30. The molecule has 0 radical (unpaired) electrons. The largest absolute Gasteiger partial charge is 0.457 e. The maximum absolute atomic E-state index is 12.8. The fourth-order valence-corrected chi connectivity index (χ4v) is 3.58. The van der Waals surface area contributed by atoms with Crippen LogP contribution >= 0.6 is 11.6 Å². The maximum atomic E-state index is 12.8. The summed E-state index contributed by atoms with van der Waals surface area (Å²) < 4.78 is 7.04. The molecule has 9 heteroatoms. The molecule has 1 aliphatic rings. The van der Waals surface area contributed by atoms with Gasteiger partial charge in [-0.15, -0.1) is 0 Å². The van der Waals surface area contributed by atoms with Crippen LogP contribution in [0.2, 0.25) is 5.02 Å². The first-order valence-corrected chi connectivity index (χ1v) is 9.09. The second-order valence-electron chi connectivity index (χ2n) is 6.91. The third kappa shape index (κ3) is 3.13. The number of nitrogens with zero attached hydrogens (tertiary/aromatic N) is 2. The number of hydrogen-bond donors (Lipinski definition) is 1. The molecule has 0 bridgehead atoms. The molecule has 8 nitrogen and oxygen atoms in total. The number of esters is 1. The highest BCUT2D eigenvalue weighted by Crippen LogP contribution is 2.45. The summed E-state index contributed by atoms with van der Waals surface area (Å²) in [6, 6.07) is 6.98. The molecular formula is C19H20ClN3O5. The summed E-state index contributed by atoms with van der Waals surface area (Å²) in [5.41, 5.74) is 3.82. The number of carbonyl (C=O) groups excluding carboxylic acids is 2. The highest BCUT2D eigenvalue weighted by Gasteiger charge is 2.47. The number of Topliss-reactive ketones (excluding diaryl/α,β-unsaturated/α-hetero) is 1. The van der Waals surface area contributed by atoms with E-state index in [1.54, 1.807) is 24.3 Å². The number of ether oxygens (including phenoxy) is 1. The molecule has 1 fully saturated rings. The van der Waals surface area contributed by atoms with E-state index in [0.29, 0.717) is 17.9 Å². The van der Waals surface area contributed by atoms with Crippen LogP contribution in [0.5, 0.6) is 0 Å². The van der Waals surface area contributed by atoms with Crippen molar-refractivity contribution in [3.8, 4) is 0 Å². The fraction of sp³-hybridized carbons (Fsp3) is 0.368. The van der Waals surface area contributed by atoms with E-state index in [4.69, 9.17) is 22.1 Å². The SMILES string of the molecule is Cn1c(N)c(C(=O)COC(=O)C2(c3cccc(Cl)c3)CCC2)c(=O)n(C)c1=O. The van der Waals surface area contributed by atoms with Gasteiger partial charge in [-0.05, 0) is 30.5 Å². The lowest BCUT2D eigenvalue weighted by Crippen LogP contribution is -2.45. The number of aromatic nitrogens is 2. The fourth-order valence-electron chi connectivity index (χ4n) is 3.39. The Morgan fingerprint density at radius 1 is 1.21 bits per heavy atom. The molecule has 2 aromatic rings. The molecule has 1 saturated carbocycles. The van der Waals surface area contributed by atoms with Gasteiger partial charge in [0.25, 0.3) is 5.56 Å². The van der Waals surface area contributed by atoms with E-state index in [1.165, 1.54) is 14.1 Å². The summed E-state index contributed by atoms with van der Waals surface area (Å²) in [4.78, 5) is 49.4. The number of anilines is 1. The smallest absolute Gasteiger partial charge is 0.332 e. The van der Waals surface area contributed by atoms with Crippen molar-refractivity contribution in [1.29, 1.82) is 0 Å². The van der Waals surface area contributed by atoms with Gasteiger partial charge in [0.05, 0.1) is 5.41 Å². The Kier molecular flexibility index (Phi) is 5.16. The maximum Gasteiger partial charge on any atom is 0.332 e. The molecule has 1 aromatic heterocycles. The highest BCUT2D eigenvalue weighted by molar-refractivity contribution is 6.30. The van der Waals surface area contributed by atoms with Gasteiger partial charge in [0.15, 0.2) is 6.61 Å². The molecule has 0 aliphatic heterocycles. The quantitative estimate of drug-likeness (QED) is 0.590. The number of nitrogen functional groups attached to an aromatic ring is 1. The minimum Gasteiger partial charge on any atom is -0.457 e. The molecule has 1 aromatic carbocycles. The van der Waals surface area contributed by atoms with Crippen LogP contribution in [0, 0.1) is 0 Å². The lowest BCUT2D eigenvalue weighted by atomic mass is 9.64. The summed E-state index contributed by atoms with van der Waals surface area (Å²) in [6.07, 6.45) is 2.03. The van der Waals surface area contributed by atoms with Crippen molar-refractivity contribution < 1.29 is 14.3 Å². The first-order chi connectivity index (χ1) is 13.2. The van der Waals surface area contributed by atoms with Crippen molar-refractivity contribution in [3.63, 3.8) is 0 Å². The minimum atomic E-state index is -0.842. The monoisotopic (exact) mass is 405 g/mol. The molecule has 148 valence electrons. The van der Waals surface area contributed by atoms with Crippen LogP contribution in [-0.2, 0) is 29.0 Å². The van der Waals surface area contributed by atoms with Gasteiger partial charge in [0.2, 0.25) is 5.78 Å². The van der Waals surface area contributed by atoms with Crippen molar-refractivity contribution in [2.24, 2.45) is 14.1 Å². The molecule has 0 saturated heterocycles. The van der Waals surface area contributed by atoms with Gasteiger partial charge >= 0.3 is 11.7 Å². The van der Waals surface area contributed by atoms with Gasteiger partial charge in [0, 0.05) is 19.1 Å². The number of hydrogen-bond acceptors (Lipinski definition) is 6. The molecule has 1 aliphatic carbocycles. The zero-order valence-electron chi connectivity index (χ0n) is 15.5. The van der Waals surface area contributed by atoms with Crippen LogP contribution < -0.4 is 17.0 Å². The average molecular weight is 406 g/mol. The predicted octanol–water partition coefficient (Wildman–Crippen LogP) is 1.17. The standard InChI is InChI=1S/C19H20ClN3O5/c1-22-15(21)14(16(25)23(2)18(22)27)13(24)10-28-17(26)19(7-4-8-19)11-5-3-6-12(20)9-11/h3,5-6,9H,4,7-8,10,21H2,1-2H3. The Morgan fingerprint density at radius 2 is 1.89 bits per heavy atom. The van der Waals surface area contributed by atoms with Gasteiger partial charge in [-0.25, -0.2) is 4.79 Å². The minimum absolute atomic E-state index is 0.262. The number of ketones is 1. The van der Waals surface area contributed by atoms with Crippen molar-refractivity contribution >= 4 is 29.2 Å². The summed E-state index contributed by atoms with van der Waals surface area (Å²) in [6.45, 7) is -0.640. The molecule has 1 heterocycles. The molecule has 3 rings (SSSR count). The van der Waals surface area contributed by atoms with E-state index in [-0.39, 0.29) is 11.4 Å². The first kappa shape index (κ1) is 19.9. The predicted molar refractivity (Wildman–Crippen MR) is 104 cm³/mol. The van der Waals surface area contributed by atoms with Crippen molar-refractivity contribution in [2.75, 3.05) is 12.3 Å². The van der Waals surface area contributed by atoms with Crippen LogP contribution in [0.3, 0.4) is 0 Å². The van der Waals surface area contributed by atoms with E-state index in [1.807, 2.05) is 0 Å². The van der Waals surface area contributed by atoms with E-state index < -0.39 is 35.0 Å². The van der Waals surface area contributed by atoms with Gasteiger partial charge in [-0.2, -0.15) is 0 Å². The second kappa shape index (κ2) is 7.27. The van der Waals surface area contributed by atoms with E-state index in [9.17, 15) is 19.2 Å². The molecule has 0 spiro atoms. The molecule has 28 heavy (non-hydrogen) atoms. The van der Waals surface area contributed by atoms with Crippen LogP contribution in [0.25, 0.3) is 0 Å². The zero-order valence-corrected chi connectivity index (χ0v) is 16.3.